The zero-order valence-corrected chi connectivity index (χ0v) is 13.0. The first kappa shape index (κ1) is 15.5. The molecule has 7 nitrogen and oxygen atoms in total. The number of aromatic nitrogens is 3. The highest BCUT2D eigenvalue weighted by Crippen LogP contribution is 2.30. The maximum Gasteiger partial charge on any atom is 0.410 e. The number of aromatic amines is 1. The lowest BCUT2D eigenvalue weighted by Gasteiger charge is -2.21. The molecule has 1 fully saturated rings. The summed E-state index contributed by atoms with van der Waals surface area (Å²) in [6.45, 7) is 2.40. The Morgan fingerprint density at radius 1 is 1.43 bits per heavy atom. The van der Waals surface area contributed by atoms with Crippen LogP contribution < -0.4 is 0 Å². The Bertz CT molecular complexity index is 658. The first-order chi connectivity index (χ1) is 11.2. The molecule has 1 aromatic carbocycles. The maximum absolute atomic E-state index is 12.4. The van der Waals surface area contributed by atoms with E-state index in [9.17, 15) is 9.90 Å². The number of carbonyl (C=O) groups excluding carboxylic acids is 1. The number of likely N-dealkylation sites (tertiary alicyclic amines) is 1. The molecule has 1 saturated heterocycles. The summed E-state index contributed by atoms with van der Waals surface area (Å²) in [6, 6.07) is 9.13. The van der Waals surface area contributed by atoms with Crippen molar-refractivity contribution < 1.29 is 14.6 Å². The van der Waals surface area contributed by atoms with E-state index >= 15 is 0 Å². The Hall–Kier alpha value is -2.41. The predicted molar refractivity (Wildman–Crippen MR) is 82.5 cm³/mol. The van der Waals surface area contributed by atoms with Crippen LogP contribution >= 0.6 is 0 Å². The van der Waals surface area contributed by atoms with Gasteiger partial charge in [-0.15, -0.1) is 0 Å². The van der Waals surface area contributed by atoms with E-state index in [0.717, 1.165) is 17.8 Å². The number of aliphatic hydroxyl groups excluding tert-OH is 1. The predicted octanol–water partition coefficient (Wildman–Crippen LogP) is 1.81. The van der Waals surface area contributed by atoms with E-state index in [0.29, 0.717) is 12.2 Å². The fraction of sp³-hybridized carbons (Fsp3) is 0.438. The smallest absolute Gasteiger partial charge is 0.410 e. The van der Waals surface area contributed by atoms with Gasteiger partial charge in [-0.3, -0.25) is 10.00 Å². The van der Waals surface area contributed by atoms with E-state index in [1.54, 1.807) is 0 Å². The summed E-state index contributed by atoms with van der Waals surface area (Å²) in [6.07, 6.45) is 0.105. The van der Waals surface area contributed by atoms with Gasteiger partial charge in [0.15, 0.2) is 5.82 Å². The highest BCUT2D eigenvalue weighted by atomic mass is 16.6. The van der Waals surface area contributed by atoms with E-state index in [2.05, 4.69) is 15.2 Å². The molecular formula is C16H20N4O3. The van der Waals surface area contributed by atoms with Gasteiger partial charge in [0.1, 0.15) is 12.4 Å². The van der Waals surface area contributed by atoms with Gasteiger partial charge in [-0.25, -0.2) is 9.78 Å². The fourth-order valence-electron chi connectivity index (χ4n) is 2.68. The summed E-state index contributed by atoms with van der Waals surface area (Å²) in [5.41, 5.74) is 0.920. The number of ether oxygens (including phenoxy) is 1. The molecule has 1 amide bonds. The molecule has 2 atom stereocenters. The first-order valence-corrected chi connectivity index (χ1v) is 7.74. The summed E-state index contributed by atoms with van der Waals surface area (Å²) < 4.78 is 5.36. The van der Waals surface area contributed by atoms with Crippen molar-refractivity contribution in [2.24, 2.45) is 0 Å². The largest absolute Gasteiger partial charge is 0.445 e. The van der Waals surface area contributed by atoms with Crippen LogP contribution in [0.5, 0.6) is 0 Å². The summed E-state index contributed by atoms with van der Waals surface area (Å²) in [5, 5.41) is 16.9. The van der Waals surface area contributed by atoms with Crippen molar-refractivity contribution in [2.45, 2.75) is 38.5 Å². The second-order valence-corrected chi connectivity index (χ2v) is 5.59. The second-order valence-electron chi connectivity index (χ2n) is 5.59. The molecule has 0 spiro atoms. The van der Waals surface area contributed by atoms with Crippen LogP contribution in [0.4, 0.5) is 4.79 Å². The Morgan fingerprint density at radius 3 is 2.91 bits per heavy atom. The summed E-state index contributed by atoms with van der Waals surface area (Å²) >= 11 is 0. The van der Waals surface area contributed by atoms with Gasteiger partial charge < -0.3 is 9.84 Å². The average molecular weight is 316 g/mol. The Morgan fingerprint density at radius 2 is 2.22 bits per heavy atom. The molecule has 0 unspecified atom stereocenters. The number of H-pyrrole nitrogens is 1. The lowest BCUT2D eigenvalue weighted by atomic mass is 10.2. The van der Waals surface area contributed by atoms with E-state index < -0.39 is 12.2 Å². The van der Waals surface area contributed by atoms with E-state index in [-0.39, 0.29) is 19.2 Å². The second kappa shape index (κ2) is 6.78. The third kappa shape index (κ3) is 3.50. The minimum atomic E-state index is -0.590. The Kier molecular flexibility index (Phi) is 4.57. The van der Waals surface area contributed by atoms with Gasteiger partial charge in [0.05, 0.1) is 18.7 Å². The van der Waals surface area contributed by atoms with Crippen LogP contribution in [-0.2, 0) is 17.8 Å². The fourth-order valence-corrected chi connectivity index (χ4v) is 2.68. The van der Waals surface area contributed by atoms with Crippen LogP contribution in [0.15, 0.2) is 30.3 Å². The number of amides is 1. The molecule has 1 aliphatic heterocycles. The molecule has 0 bridgehead atoms. The van der Waals surface area contributed by atoms with Crippen molar-refractivity contribution in [2.75, 3.05) is 6.54 Å². The number of nitrogens with one attached hydrogen (secondary N) is 1. The molecule has 2 aromatic rings. The van der Waals surface area contributed by atoms with E-state index in [1.807, 2.05) is 37.3 Å². The van der Waals surface area contributed by atoms with Gasteiger partial charge in [-0.05, 0) is 5.56 Å². The summed E-state index contributed by atoms with van der Waals surface area (Å²) in [5.74, 6) is 1.29. The minimum absolute atomic E-state index is 0.202. The lowest BCUT2D eigenvalue weighted by molar-refractivity contribution is 0.0867. The number of β-amino-alcohol motifs (C(OH)–C–C–N with tert-alkyl or cyclic N) is 1. The number of benzene rings is 1. The van der Waals surface area contributed by atoms with Gasteiger partial charge in [-0.2, -0.15) is 5.10 Å². The number of aliphatic hydroxyl groups is 1. The number of hydrogen-bond acceptors (Lipinski definition) is 5. The third-order valence-electron chi connectivity index (χ3n) is 3.90. The highest BCUT2D eigenvalue weighted by Gasteiger charge is 2.38. The van der Waals surface area contributed by atoms with Crippen LogP contribution in [0.1, 0.15) is 36.6 Å². The Labute approximate surface area is 134 Å². The van der Waals surface area contributed by atoms with Gasteiger partial charge in [0.2, 0.25) is 0 Å². The third-order valence-corrected chi connectivity index (χ3v) is 3.90. The topological polar surface area (TPSA) is 91.3 Å². The SMILES string of the molecule is CCc1nc([C@@H]2C[C@@H](O)CN2C(=O)OCc2ccccc2)n[nH]1. The molecule has 3 rings (SSSR count). The van der Waals surface area contributed by atoms with Crippen molar-refractivity contribution >= 4 is 6.09 Å². The maximum atomic E-state index is 12.4. The molecule has 23 heavy (non-hydrogen) atoms. The quantitative estimate of drug-likeness (QED) is 0.897. The van der Waals surface area contributed by atoms with Crippen LogP contribution in [0.3, 0.4) is 0 Å². The van der Waals surface area contributed by atoms with Crippen molar-refractivity contribution in [3.05, 3.63) is 47.5 Å². The molecule has 2 N–H and O–H groups in total. The molecule has 2 heterocycles. The van der Waals surface area contributed by atoms with Crippen LogP contribution in [-0.4, -0.2) is 43.9 Å². The number of rotatable bonds is 4. The zero-order valence-electron chi connectivity index (χ0n) is 13.0. The van der Waals surface area contributed by atoms with Gasteiger partial charge in [0.25, 0.3) is 0 Å². The van der Waals surface area contributed by atoms with Gasteiger partial charge in [-0.1, -0.05) is 37.3 Å². The molecule has 1 aliphatic rings. The lowest BCUT2D eigenvalue weighted by Crippen LogP contribution is -2.32. The number of hydrogen-bond donors (Lipinski definition) is 2. The van der Waals surface area contributed by atoms with Crippen molar-refractivity contribution in [3.63, 3.8) is 0 Å². The normalized spacial score (nSPS) is 20.7. The monoisotopic (exact) mass is 316 g/mol. The average Bonchev–Trinajstić information content (AvgIpc) is 3.19. The first-order valence-electron chi connectivity index (χ1n) is 7.74. The van der Waals surface area contributed by atoms with Crippen molar-refractivity contribution in [1.29, 1.82) is 0 Å². The molecule has 0 saturated carbocycles. The standard InChI is InChI=1S/C16H20N4O3/c1-2-14-17-15(19-18-14)13-8-12(21)9-20(13)16(22)23-10-11-6-4-3-5-7-11/h3-7,12-13,21H,2,8-10H2,1H3,(H,17,18,19)/t12-,13+/m1/s1. The molecule has 7 heteroatoms. The van der Waals surface area contributed by atoms with Crippen LogP contribution in [0, 0.1) is 0 Å². The van der Waals surface area contributed by atoms with Crippen molar-refractivity contribution in [1.82, 2.24) is 20.1 Å². The molecule has 122 valence electrons. The number of aryl methyl sites for hydroxylation is 1. The number of nitrogens with zero attached hydrogens (tertiary/aromatic N) is 3. The number of carbonyl (C=O) groups is 1. The summed E-state index contributed by atoms with van der Waals surface area (Å²) in [4.78, 5) is 18.2. The van der Waals surface area contributed by atoms with Crippen molar-refractivity contribution in [3.8, 4) is 0 Å². The molecule has 1 aromatic heterocycles. The summed E-state index contributed by atoms with van der Waals surface area (Å²) in [7, 11) is 0. The van der Waals surface area contributed by atoms with Gasteiger partial charge in [0, 0.05) is 12.8 Å². The minimum Gasteiger partial charge on any atom is -0.445 e. The van der Waals surface area contributed by atoms with Crippen LogP contribution in [0.2, 0.25) is 0 Å². The Balaban J connectivity index is 1.67. The zero-order chi connectivity index (χ0) is 16.2. The van der Waals surface area contributed by atoms with E-state index in [1.165, 1.54) is 4.90 Å². The van der Waals surface area contributed by atoms with Gasteiger partial charge >= 0.3 is 6.09 Å². The highest BCUT2D eigenvalue weighted by molar-refractivity contribution is 5.68. The van der Waals surface area contributed by atoms with E-state index in [4.69, 9.17) is 4.74 Å². The molecule has 0 aliphatic carbocycles. The molecule has 0 radical (unpaired) electrons. The molecular weight excluding hydrogens is 296 g/mol. The van der Waals surface area contributed by atoms with Crippen LogP contribution in [0.25, 0.3) is 0 Å².